The summed E-state index contributed by atoms with van der Waals surface area (Å²) in [5.74, 6) is -7.43. The number of carbonyl (C=O) groups excluding carboxylic acids is 5. The molecule has 0 aromatic heterocycles. The topological polar surface area (TPSA) is 209 Å². The van der Waals surface area contributed by atoms with Gasteiger partial charge in [0.25, 0.3) is 11.7 Å². The maximum Gasteiger partial charge on any atom is 1.00 e. The molecule has 66 heavy (non-hydrogen) atoms. The number of rotatable bonds is 24. The summed E-state index contributed by atoms with van der Waals surface area (Å²) in [6.07, 6.45) is 17.1. The SMILES string of the molecule is CO[C@@H](C[C@@H]1CC[C@@H](C)[C@](O)(C(=O)C(=O)N2CCCC[C@H]2C(=O)[O-])O1)/C(C)=C/C=C/C=C/[C@@H](C)C[C@@H](C)C(=O)[C@H](OC)[C@H](O)/C(C)=C/[C@@H](C)C(=O)/C=C/[C@H](C)C[C@@H]1CC[C@@H](O)[C@H](OC)C1.[Na+]. The second-order valence-electron chi connectivity index (χ2n) is 19.0. The number of ether oxygens (including phenoxy) is 4. The van der Waals surface area contributed by atoms with E-state index in [2.05, 4.69) is 6.92 Å². The molecule has 3 N–H and O–H groups in total. The Labute approximate surface area is 415 Å². The number of hydrogen-bond acceptors (Lipinski definition) is 13. The summed E-state index contributed by atoms with van der Waals surface area (Å²) < 4.78 is 22.6. The molecular formula is C51H78NNaO13. The maximum atomic E-state index is 13.5. The van der Waals surface area contributed by atoms with E-state index in [4.69, 9.17) is 18.9 Å². The number of allylic oxidation sites excluding steroid dienone is 8. The molecule has 14 nitrogen and oxygen atoms in total. The molecule has 1 amide bonds. The van der Waals surface area contributed by atoms with E-state index in [0.717, 1.165) is 29.7 Å². The molecule has 3 fully saturated rings. The quantitative estimate of drug-likeness (QED) is 0.0418. The number of methoxy groups -OCH3 is 3. The van der Waals surface area contributed by atoms with Crippen molar-refractivity contribution in [1.82, 2.24) is 4.90 Å². The van der Waals surface area contributed by atoms with Crippen LogP contribution in [0.4, 0.5) is 0 Å². The third-order valence-corrected chi connectivity index (χ3v) is 13.7. The van der Waals surface area contributed by atoms with Gasteiger partial charge in [-0.05, 0) is 113 Å². The van der Waals surface area contributed by atoms with Gasteiger partial charge in [-0.3, -0.25) is 19.2 Å². The fourth-order valence-electron chi connectivity index (χ4n) is 9.47. The Kier molecular flexibility index (Phi) is 25.9. The van der Waals surface area contributed by atoms with Crippen molar-refractivity contribution < 1.29 is 92.9 Å². The number of aliphatic hydroxyl groups excluding tert-OH is 2. The fraction of sp³-hybridized carbons (Fsp3) is 0.706. The summed E-state index contributed by atoms with van der Waals surface area (Å²) in [5.41, 5.74) is 1.34. The van der Waals surface area contributed by atoms with Crippen LogP contribution in [-0.4, -0.2) is 126 Å². The van der Waals surface area contributed by atoms with Crippen molar-refractivity contribution in [3.8, 4) is 0 Å². The van der Waals surface area contributed by atoms with Crippen molar-refractivity contribution in [3.63, 3.8) is 0 Å². The molecule has 14 atom stereocenters. The Hall–Kier alpha value is -2.63. The molecule has 1 saturated carbocycles. The van der Waals surface area contributed by atoms with Crippen LogP contribution in [0.25, 0.3) is 0 Å². The van der Waals surface area contributed by atoms with Gasteiger partial charge in [0.1, 0.15) is 12.2 Å². The second kappa shape index (κ2) is 28.8. The zero-order valence-electron chi connectivity index (χ0n) is 41.5. The third kappa shape index (κ3) is 17.1. The first kappa shape index (κ1) is 59.5. The summed E-state index contributed by atoms with van der Waals surface area (Å²) in [6.45, 7) is 12.9. The van der Waals surface area contributed by atoms with Gasteiger partial charge in [0.15, 0.2) is 11.6 Å². The molecule has 15 heteroatoms. The molecule has 0 spiro atoms. The minimum atomic E-state index is -2.40. The molecule has 0 radical (unpaired) electrons. The Morgan fingerprint density at radius 2 is 1.58 bits per heavy atom. The number of likely N-dealkylation sites (tertiary alicyclic amines) is 1. The number of piperidine rings is 1. The van der Waals surface area contributed by atoms with Crippen LogP contribution in [0, 0.1) is 35.5 Å². The number of carboxylic acids is 1. The summed E-state index contributed by atoms with van der Waals surface area (Å²) in [4.78, 5) is 65.8. The monoisotopic (exact) mass is 936 g/mol. The van der Waals surface area contributed by atoms with Gasteiger partial charge >= 0.3 is 29.6 Å². The number of carbonyl (C=O) groups is 5. The van der Waals surface area contributed by atoms with Crippen LogP contribution < -0.4 is 34.7 Å². The van der Waals surface area contributed by atoms with Crippen molar-refractivity contribution in [3.05, 3.63) is 59.8 Å². The smallest absolute Gasteiger partial charge is 0.548 e. The molecule has 1 aliphatic carbocycles. The predicted molar refractivity (Wildman–Crippen MR) is 245 cm³/mol. The number of aliphatic hydroxyl groups is 3. The standard InChI is InChI=1S/C51H79NO13.Na/c1-31(26-35(5)45(55)47(64-10)46(56)36(6)28-34(4)41(53)23-19-32(2)27-38-21-24-42(54)44(29-38)63-9)16-12-11-13-17-33(3)43(62-8)30-39-22-20-37(7)51(61,65-39)48(57)49(58)52-25-15-14-18-40(52)50(59)60;/h11-13,16-17,19,23,28,31-32,34-35,37-40,42-44,46-47,54,56,61H,14-15,18,20-22,24-27,29-30H2,1-10H3,(H,59,60);/q;+1/p-1/b13-11+,16-12+,23-19+,33-17+,36-28+;/t31-,32+,34-,35-,37-,38+,39+,40+,42-,43+,44-,46-,47+,51-;/m1./s1. The zero-order valence-corrected chi connectivity index (χ0v) is 43.5. The molecule has 2 aliphatic heterocycles. The van der Waals surface area contributed by atoms with Crippen molar-refractivity contribution in [1.29, 1.82) is 0 Å². The van der Waals surface area contributed by atoms with Gasteiger partial charge in [0.2, 0.25) is 5.79 Å². The van der Waals surface area contributed by atoms with Gasteiger partial charge in [-0.2, -0.15) is 0 Å². The summed E-state index contributed by atoms with van der Waals surface area (Å²) in [6, 6.07) is -1.23. The Morgan fingerprint density at radius 3 is 2.21 bits per heavy atom. The van der Waals surface area contributed by atoms with Crippen LogP contribution in [0.3, 0.4) is 0 Å². The molecular weight excluding hydrogens is 858 g/mol. The summed E-state index contributed by atoms with van der Waals surface area (Å²) in [7, 11) is 4.57. The van der Waals surface area contributed by atoms with Crippen LogP contribution in [0.1, 0.15) is 119 Å². The van der Waals surface area contributed by atoms with E-state index in [1.165, 1.54) is 7.11 Å². The van der Waals surface area contributed by atoms with Crippen LogP contribution in [-0.2, 0) is 42.9 Å². The second-order valence-corrected chi connectivity index (χ2v) is 19.0. The number of aliphatic carboxylic acids is 1. The molecule has 0 aromatic carbocycles. The van der Waals surface area contributed by atoms with Crippen molar-refractivity contribution in [2.45, 2.75) is 168 Å². The van der Waals surface area contributed by atoms with Crippen LogP contribution in [0.15, 0.2) is 59.8 Å². The number of Topliss-reactive ketones (excluding diaryl/α,β-unsaturated/α-hetero) is 2. The molecule has 0 bridgehead atoms. The van der Waals surface area contributed by atoms with E-state index in [9.17, 15) is 44.4 Å². The van der Waals surface area contributed by atoms with E-state index in [1.54, 1.807) is 47.1 Å². The van der Waals surface area contributed by atoms with Gasteiger partial charge in [0, 0.05) is 52.0 Å². The normalized spacial score (nSPS) is 28.9. The molecule has 3 rings (SSSR count). The summed E-state index contributed by atoms with van der Waals surface area (Å²) >= 11 is 0. The maximum absolute atomic E-state index is 13.5. The summed E-state index contributed by atoms with van der Waals surface area (Å²) in [5, 5.41) is 44.4. The van der Waals surface area contributed by atoms with Crippen LogP contribution in [0.2, 0.25) is 0 Å². The molecule has 3 aliphatic rings. The number of nitrogens with zero attached hydrogens (tertiary/aromatic N) is 1. The minimum Gasteiger partial charge on any atom is -0.548 e. The first-order valence-electron chi connectivity index (χ1n) is 23.5. The molecule has 366 valence electrons. The fourth-order valence-corrected chi connectivity index (χ4v) is 9.47. The van der Waals surface area contributed by atoms with Crippen molar-refractivity contribution in [2.75, 3.05) is 27.9 Å². The molecule has 0 unspecified atom stereocenters. The largest absolute Gasteiger partial charge is 1.00 e. The van der Waals surface area contributed by atoms with E-state index in [0.29, 0.717) is 56.4 Å². The van der Waals surface area contributed by atoms with Gasteiger partial charge in [-0.1, -0.05) is 77.2 Å². The molecule has 0 aromatic rings. The van der Waals surface area contributed by atoms with Gasteiger partial charge in [-0.15, -0.1) is 0 Å². The van der Waals surface area contributed by atoms with E-state index in [-0.39, 0.29) is 72.0 Å². The van der Waals surface area contributed by atoms with Crippen molar-refractivity contribution in [2.24, 2.45) is 35.5 Å². The van der Waals surface area contributed by atoms with E-state index in [1.807, 2.05) is 57.2 Å². The van der Waals surface area contributed by atoms with E-state index >= 15 is 0 Å². The Bertz CT molecular complexity index is 1760. The Morgan fingerprint density at radius 1 is 0.879 bits per heavy atom. The number of carboxylic acid groups (broad SMARTS) is 1. The Balaban J connectivity index is 0.0000150. The molecule has 2 saturated heterocycles. The first-order valence-corrected chi connectivity index (χ1v) is 23.5. The van der Waals surface area contributed by atoms with E-state index < -0.39 is 77.8 Å². The molecule has 2 heterocycles. The third-order valence-electron chi connectivity index (χ3n) is 13.7. The number of ketones is 3. The van der Waals surface area contributed by atoms with Gasteiger partial charge in [-0.25, -0.2) is 0 Å². The average Bonchev–Trinajstić information content (AvgIpc) is 3.28. The van der Waals surface area contributed by atoms with Crippen LogP contribution in [0.5, 0.6) is 0 Å². The van der Waals surface area contributed by atoms with Gasteiger partial charge in [0.05, 0.1) is 36.4 Å². The zero-order chi connectivity index (χ0) is 48.6. The minimum absolute atomic E-state index is 0. The first-order chi connectivity index (χ1) is 30.7. The van der Waals surface area contributed by atoms with Crippen LogP contribution >= 0.6 is 0 Å². The van der Waals surface area contributed by atoms with Crippen molar-refractivity contribution >= 4 is 29.2 Å². The average molecular weight is 936 g/mol. The number of amides is 1. The van der Waals surface area contributed by atoms with Gasteiger partial charge < -0.3 is 49.1 Å². The number of hydrogen-bond donors (Lipinski definition) is 3. The predicted octanol–water partition coefficient (Wildman–Crippen LogP) is 2.18.